The fraction of sp³-hybridized carbons (Fsp3) is 0.333. The van der Waals surface area contributed by atoms with E-state index in [0.29, 0.717) is 23.2 Å². The maximum absolute atomic E-state index is 13.1. The topological polar surface area (TPSA) is 51.0 Å². The van der Waals surface area contributed by atoms with E-state index >= 15 is 0 Å². The molecule has 17 heavy (non-hydrogen) atoms. The van der Waals surface area contributed by atoms with Crippen LogP contribution < -0.4 is 5.32 Å². The van der Waals surface area contributed by atoms with Crippen LogP contribution in [0.3, 0.4) is 0 Å². The summed E-state index contributed by atoms with van der Waals surface area (Å²) in [6.45, 7) is 1.86. The van der Waals surface area contributed by atoms with E-state index in [0.717, 1.165) is 19.5 Å². The molecule has 3 rings (SSSR count). The Labute approximate surface area is 97.8 Å². The quantitative estimate of drug-likeness (QED) is 0.861. The summed E-state index contributed by atoms with van der Waals surface area (Å²) < 4.78 is 18.2. The highest BCUT2D eigenvalue weighted by atomic mass is 19.1. The van der Waals surface area contributed by atoms with Gasteiger partial charge in [0.15, 0.2) is 5.82 Å². The molecule has 0 unspecified atom stereocenters. The van der Waals surface area contributed by atoms with Gasteiger partial charge in [0.2, 0.25) is 0 Å². The van der Waals surface area contributed by atoms with Gasteiger partial charge in [0.25, 0.3) is 5.89 Å². The lowest BCUT2D eigenvalue weighted by Gasteiger charge is -1.98. The van der Waals surface area contributed by atoms with Gasteiger partial charge in [0.1, 0.15) is 5.82 Å². The van der Waals surface area contributed by atoms with Crippen LogP contribution >= 0.6 is 0 Å². The Morgan fingerprint density at radius 3 is 3.12 bits per heavy atom. The van der Waals surface area contributed by atoms with Gasteiger partial charge in [-0.1, -0.05) is 11.2 Å². The van der Waals surface area contributed by atoms with E-state index in [4.69, 9.17) is 4.52 Å². The first-order chi connectivity index (χ1) is 8.33. The van der Waals surface area contributed by atoms with Crippen LogP contribution in [0.4, 0.5) is 4.39 Å². The molecule has 0 radical (unpaired) electrons. The Morgan fingerprint density at radius 2 is 2.35 bits per heavy atom. The first kappa shape index (κ1) is 10.4. The minimum Gasteiger partial charge on any atom is -0.334 e. The summed E-state index contributed by atoms with van der Waals surface area (Å²) in [5.41, 5.74) is 0.620. The highest BCUT2D eigenvalue weighted by molar-refractivity contribution is 5.52. The molecule has 0 aliphatic carbocycles. The van der Waals surface area contributed by atoms with Crippen molar-refractivity contribution in [1.29, 1.82) is 0 Å². The van der Waals surface area contributed by atoms with E-state index in [9.17, 15) is 4.39 Å². The molecule has 88 valence electrons. The van der Waals surface area contributed by atoms with Crippen LogP contribution in [-0.4, -0.2) is 23.2 Å². The van der Waals surface area contributed by atoms with Crippen molar-refractivity contribution >= 4 is 0 Å². The van der Waals surface area contributed by atoms with E-state index < -0.39 is 0 Å². The average Bonchev–Trinajstić information content (AvgIpc) is 3.00. The Hall–Kier alpha value is -1.75. The van der Waals surface area contributed by atoms with Crippen LogP contribution in [0.1, 0.15) is 18.2 Å². The standard InChI is InChI=1S/C12H12FN3O/c13-10-3-1-2-8(6-10)12-15-11(16-17-12)9-4-5-14-7-9/h1-3,6,9,14H,4-5,7H2/t9-/m1/s1. The highest BCUT2D eigenvalue weighted by Gasteiger charge is 2.22. The number of hydrogen-bond donors (Lipinski definition) is 1. The van der Waals surface area contributed by atoms with Gasteiger partial charge in [-0.05, 0) is 31.2 Å². The molecule has 5 heteroatoms. The van der Waals surface area contributed by atoms with Gasteiger partial charge in [0.05, 0.1) is 0 Å². The number of rotatable bonds is 2. The van der Waals surface area contributed by atoms with Crippen molar-refractivity contribution in [3.63, 3.8) is 0 Å². The fourth-order valence-corrected chi connectivity index (χ4v) is 2.01. The second kappa shape index (κ2) is 4.25. The molecular weight excluding hydrogens is 221 g/mol. The second-order valence-corrected chi connectivity index (χ2v) is 4.16. The Bertz CT molecular complexity index is 520. The normalized spacial score (nSPS) is 19.7. The minimum atomic E-state index is -0.301. The van der Waals surface area contributed by atoms with Gasteiger partial charge >= 0.3 is 0 Å². The molecule has 0 spiro atoms. The lowest BCUT2D eigenvalue weighted by molar-refractivity contribution is 0.417. The van der Waals surface area contributed by atoms with E-state index in [2.05, 4.69) is 15.5 Å². The lowest BCUT2D eigenvalue weighted by Crippen LogP contribution is -2.08. The predicted octanol–water partition coefficient (Wildman–Crippen LogP) is 1.95. The Morgan fingerprint density at radius 1 is 1.41 bits per heavy atom. The molecular formula is C12H12FN3O. The van der Waals surface area contributed by atoms with Gasteiger partial charge in [-0.15, -0.1) is 0 Å². The summed E-state index contributed by atoms with van der Waals surface area (Å²) in [5, 5.41) is 7.20. The number of aromatic nitrogens is 2. The molecule has 1 N–H and O–H groups in total. The largest absolute Gasteiger partial charge is 0.334 e. The molecule has 0 amide bonds. The maximum atomic E-state index is 13.1. The second-order valence-electron chi connectivity index (χ2n) is 4.16. The van der Waals surface area contributed by atoms with Crippen molar-refractivity contribution in [3.8, 4) is 11.5 Å². The van der Waals surface area contributed by atoms with Crippen molar-refractivity contribution in [2.75, 3.05) is 13.1 Å². The monoisotopic (exact) mass is 233 g/mol. The van der Waals surface area contributed by atoms with Gasteiger partial charge in [-0.3, -0.25) is 0 Å². The average molecular weight is 233 g/mol. The number of halogens is 1. The van der Waals surface area contributed by atoms with Crippen LogP contribution in [0.5, 0.6) is 0 Å². The van der Waals surface area contributed by atoms with Crippen molar-refractivity contribution < 1.29 is 8.91 Å². The molecule has 1 atom stereocenters. The van der Waals surface area contributed by atoms with Crippen molar-refractivity contribution in [3.05, 3.63) is 35.9 Å². The summed E-state index contributed by atoms with van der Waals surface area (Å²) in [5.74, 6) is 1.09. The van der Waals surface area contributed by atoms with Crippen LogP contribution in [-0.2, 0) is 0 Å². The maximum Gasteiger partial charge on any atom is 0.258 e. The predicted molar refractivity (Wildman–Crippen MR) is 59.9 cm³/mol. The number of nitrogens with one attached hydrogen (secondary N) is 1. The van der Waals surface area contributed by atoms with Crippen LogP contribution in [0.25, 0.3) is 11.5 Å². The summed E-state index contributed by atoms with van der Waals surface area (Å²) >= 11 is 0. The molecule has 1 aromatic heterocycles. The van der Waals surface area contributed by atoms with Gasteiger partial charge in [-0.2, -0.15) is 4.98 Å². The first-order valence-electron chi connectivity index (χ1n) is 5.63. The number of nitrogens with zero attached hydrogens (tertiary/aromatic N) is 2. The van der Waals surface area contributed by atoms with Gasteiger partial charge < -0.3 is 9.84 Å². The van der Waals surface area contributed by atoms with E-state index in [1.807, 2.05) is 0 Å². The minimum absolute atomic E-state index is 0.301. The summed E-state index contributed by atoms with van der Waals surface area (Å²) in [6.07, 6.45) is 1.02. The summed E-state index contributed by atoms with van der Waals surface area (Å²) in [6, 6.07) is 6.17. The molecule has 4 nitrogen and oxygen atoms in total. The van der Waals surface area contributed by atoms with E-state index in [1.54, 1.807) is 12.1 Å². The van der Waals surface area contributed by atoms with E-state index in [-0.39, 0.29) is 5.82 Å². The number of benzene rings is 1. The van der Waals surface area contributed by atoms with Crippen LogP contribution in [0, 0.1) is 5.82 Å². The zero-order valence-corrected chi connectivity index (χ0v) is 9.19. The molecule has 2 aromatic rings. The fourth-order valence-electron chi connectivity index (χ4n) is 2.01. The van der Waals surface area contributed by atoms with Crippen molar-refractivity contribution in [2.45, 2.75) is 12.3 Å². The molecule has 1 aliphatic heterocycles. The zero-order chi connectivity index (χ0) is 11.7. The third kappa shape index (κ3) is 2.06. The Kier molecular flexibility index (Phi) is 2.60. The van der Waals surface area contributed by atoms with Crippen LogP contribution in [0.2, 0.25) is 0 Å². The molecule has 1 aromatic carbocycles. The lowest BCUT2D eigenvalue weighted by atomic mass is 10.1. The summed E-state index contributed by atoms with van der Waals surface area (Å²) in [4.78, 5) is 4.32. The smallest absolute Gasteiger partial charge is 0.258 e. The van der Waals surface area contributed by atoms with Crippen molar-refractivity contribution in [1.82, 2.24) is 15.5 Å². The zero-order valence-electron chi connectivity index (χ0n) is 9.19. The molecule has 0 saturated carbocycles. The molecule has 1 aliphatic rings. The molecule has 2 heterocycles. The third-order valence-electron chi connectivity index (χ3n) is 2.94. The van der Waals surface area contributed by atoms with Gasteiger partial charge in [0, 0.05) is 18.0 Å². The molecule has 1 saturated heterocycles. The first-order valence-corrected chi connectivity index (χ1v) is 5.63. The Balaban J connectivity index is 1.89. The molecule has 0 bridgehead atoms. The van der Waals surface area contributed by atoms with Crippen molar-refractivity contribution in [2.24, 2.45) is 0 Å². The summed E-state index contributed by atoms with van der Waals surface area (Å²) in [7, 11) is 0. The SMILES string of the molecule is Fc1cccc(-c2nc([C@@H]3CCNC3)no2)c1. The van der Waals surface area contributed by atoms with Gasteiger partial charge in [-0.25, -0.2) is 4.39 Å². The number of hydrogen-bond acceptors (Lipinski definition) is 4. The third-order valence-corrected chi connectivity index (χ3v) is 2.94. The molecule has 1 fully saturated rings. The van der Waals surface area contributed by atoms with Crippen LogP contribution in [0.15, 0.2) is 28.8 Å². The highest BCUT2D eigenvalue weighted by Crippen LogP contribution is 2.23. The van der Waals surface area contributed by atoms with E-state index in [1.165, 1.54) is 12.1 Å².